The zero-order valence-corrected chi connectivity index (χ0v) is 53.9. The largest absolute Gasteiger partial charge is 0.388 e. The van der Waals surface area contributed by atoms with E-state index in [0.29, 0.717) is 0 Å². The number of aliphatic hydroxyl groups excluding tert-OH is 1. The minimum absolute atomic E-state index is 0.255. The molecule has 1 aliphatic rings. The smallest absolute Gasteiger partial charge is 0.0796 e. The molecule has 0 fully saturated rings. The Morgan fingerprint density at radius 2 is 0.427 bits per heavy atom. The van der Waals surface area contributed by atoms with Crippen LogP contribution in [0.4, 0.5) is 0 Å². The van der Waals surface area contributed by atoms with Gasteiger partial charge in [0.05, 0.1) is 6.10 Å². The Labute approximate surface area is 533 Å². The lowest BCUT2D eigenvalue weighted by atomic mass is 9.98. The van der Waals surface area contributed by atoms with Crippen LogP contribution < -0.4 is 63.7 Å². The van der Waals surface area contributed by atoms with Crippen molar-refractivity contribution in [2.45, 2.75) is 25.9 Å². The van der Waals surface area contributed by atoms with Crippen molar-refractivity contribution in [3.8, 4) is 0 Å². The van der Waals surface area contributed by atoms with Crippen LogP contribution >= 0.6 is 31.7 Å². The summed E-state index contributed by atoms with van der Waals surface area (Å²) in [7, 11) is -1.78. The van der Waals surface area contributed by atoms with Crippen LogP contribution in [-0.2, 0) is 6.42 Å². The third kappa shape index (κ3) is 18.0. The van der Waals surface area contributed by atoms with Gasteiger partial charge in [-0.25, -0.2) is 0 Å². The van der Waals surface area contributed by atoms with Gasteiger partial charge in [-0.05, 0) is 132 Å². The maximum Gasteiger partial charge on any atom is 0.0796 e. The van der Waals surface area contributed by atoms with Crippen molar-refractivity contribution < 1.29 is 5.11 Å². The molecule has 14 rings (SSSR count). The van der Waals surface area contributed by atoms with E-state index in [1.165, 1.54) is 74.8 Å². The van der Waals surface area contributed by atoms with Gasteiger partial charge in [0.2, 0.25) is 0 Å². The van der Waals surface area contributed by atoms with Gasteiger partial charge in [-0.1, -0.05) is 394 Å². The van der Waals surface area contributed by atoms with Crippen LogP contribution in [0.15, 0.2) is 389 Å². The second-order valence-corrected chi connectivity index (χ2v) is 30.0. The maximum absolute atomic E-state index is 9.66. The summed E-state index contributed by atoms with van der Waals surface area (Å²) in [5, 5.41) is 26.4. The number of rotatable bonds is 13. The van der Waals surface area contributed by atoms with Crippen LogP contribution in [0.3, 0.4) is 0 Å². The molecule has 1 aliphatic carbocycles. The topological polar surface area (TPSA) is 20.2 Å². The maximum atomic E-state index is 9.66. The highest BCUT2D eigenvalue weighted by Gasteiger charge is 2.23. The predicted octanol–water partition coefficient (Wildman–Crippen LogP) is 16.5. The highest BCUT2D eigenvalue weighted by atomic mass is 31.1. The second kappa shape index (κ2) is 34.1. The van der Waals surface area contributed by atoms with Gasteiger partial charge in [0.1, 0.15) is 0 Å². The van der Waals surface area contributed by atoms with Crippen LogP contribution in [0.2, 0.25) is 0 Å². The SMILES string of the molecule is C=C(C)c1cccc2c1CC[C@@H]2O.c1ccc(P(c2ccccc2)c2ccccc2)cc1.c1ccc(P(c2ccccc2)c2ccccc2)cc1.c1ccc(P(c2ccccc2)c2ccccc2)cc1.c1ccc(P(c2ccccc2)c2ccccc2)cc1. The van der Waals surface area contributed by atoms with E-state index in [-0.39, 0.29) is 6.10 Å². The molecule has 1 nitrogen and oxygen atoms in total. The number of aliphatic hydroxyl groups is 1. The lowest BCUT2D eigenvalue weighted by molar-refractivity contribution is 0.180. The molecule has 0 bridgehead atoms. The molecular formula is C84H74OP4. The summed E-state index contributed by atoms with van der Waals surface area (Å²) in [5.74, 6) is 0. The molecule has 0 aliphatic heterocycles. The van der Waals surface area contributed by atoms with Gasteiger partial charge < -0.3 is 5.11 Å². The molecule has 1 N–H and O–H groups in total. The minimum Gasteiger partial charge on any atom is -0.388 e. The van der Waals surface area contributed by atoms with Crippen LogP contribution in [0.5, 0.6) is 0 Å². The highest BCUT2D eigenvalue weighted by Crippen LogP contribution is 2.37. The van der Waals surface area contributed by atoms with E-state index in [9.17, 15) is 5.11 Å². The highest BCUT2D eigenvalue weighted by molar-refractivity contribution is 7.81. The summed E-state index contributed by atoms with van der Waals surface area (Å²) in [6.07, 6.45) is 1.59. The Hall–Kier alpha value is -8.72. The van der Waals surface area contributed by atoms with Crippen molar-refractivity contribution in [1.82, 2.24) is 0 Å². The van der Waals surface area contributed by atoms with Gasteiger partial charge in [0, 0.05) is 0 Å². The number of benzene rings is 13. The van der Waals surface area contributed by atoms with E-state index < -0.39 is 31.7 Å². The van der Waals surface area contributed by atoms with Gasteiger partial charge in [0.25, 0.3) is 0 Å². The molecule has 89 heavy (non-hydrogen) atoms. The van der Waals surface area contributed by atoms with Crippen LogP contribution in [0.1, 0.15) is 36.1 Å². The van der Waals surface area contributed by atoms with E-state index in [0.717, 1.165) is 24.0 Å². The minimum atomic E-state index is -0.446. The molecular weight excluding hydrogens is 1150 g/mol. The zero-order chi connectivity index (χ0) is 61.1. The molecule has 0 heterocycles. The van der Waals surface area contributed by atoms with Gasteiger partial charge >= 0.3 is 0 Å². The van der Waals surface area contributed by atoms with Crippen molar-refractivity contribution in [3.05, 3.63) is 405 Å². The first kappa shape index (κ1) is 63.3. The van der Waals surface area contributed by atoms with Crippen molar-refractivity contribution in [2.75, 3.05) is 0 Å². The van der Waals surface area contributed by atoms with Crippen LogP contribution in [0.25, 0.3) is 5.57 Å². The third-order valence-electron chi connectivity index (χ3n) is 14.9. The zero-order valence-electron chi connectivity index (χ0n) is 50.3. The van der Waals surface area contributed by atoms with Crippen molar-refractivity contribution in [2.24, 2.45) is 0 Å². The molecule has 13 aromatic carbocycles. The first-order valence-corrected chi connectivity index (χ1v) is 35.6. The molecule has 0 saturated heterocycles. The molecule has 0 aromatic heterocycles. The fourth-order valence-corrected chi connectivity index (χ4v) is 20.0. The Bertz CT molecular complexity index is 3230. The monoisotopic (exact) mass is 1220 g/mol. The molecule has 1 atom stereocenters. The standard InChI is InChI=1S/4C18H15P.C12H14O/c4*1-4-10-16(11-5-1)19(17-12-6-2-7-13-17)18-14-8-3-9-15-18;1-8(2)9-4-3-5-11-10(9)6-7-12(11)13/h4*1-15H;3-5,12-13H,1,6-7H2,2H3/t;;;;12-/m....0/s1. The quantitative estimate of drug-likeness (QED) is 0.114. The summed E-state index contributed by atoms with van der Waals surface area (Å²) >= 11 is 0. The number of fused-ring (bicyclic) bond motifs is 1. The molecule has 0 amide bonds. The van der Waals surface area contributed by atoms with E-state index >= 15 is 0 Å². The summed E-state index contributed by atoms with van der Waals surface area (Å²) in [5.41, 5.74) is 4.70. The Morgan fingerprint density at radius 1 is 0.258 bits per heavy atom. The van der Waals surface area contributed by atoms with Crippen molar-refractivity contribution in [3.63, 3.8) is 0 Å². The third-order valence-corrected chi connectivity index (χ3v) is 24.6. The second-order valence-electron chi connectivity index (χ2n) is 21.1. The lowest BCUT2D eigenvalue weighted by Crippen LogP contribution is -2.20. The van der Waals surface area contributed by atoms with Gasteiger partial charge in [-0.2, -0.15) is 0 Å². The molecule has 13 aromatic rings. The van der Waals surface area contributed by atoms with Crippen LogP contribution in [-0.4, -0.2) is 5.11 Å². The average Bonchev–Trinajstić information content (AvgIpc) is 2.64. The fraction of sp³-hybridized carbons (Fsp3) is 0.0476. The molecule has 0 saturated carbocycles. The summed E-state index contributed by atoms with van der Waals surface area (Å²) in [4.78, 5) is 0. The summed E-state index contributed by atoms with van der Waals surface area (Å²) in [6.45, 7) is 5.96. The van der Waals surface area contributed by atoms with Gasteiger partial charge in [0.15, 0.2) is 0 Å². The van der Waals surface area contributed by atoms with Gasteiger partial charge in [-0.3, -0.25) is 0 Å². The first-order valence-electron chi connectivity index (χ1n) is 30.3. The molecule has 0 spiro atoms. The van der Waals surface area contributed by atoms with E-state index in [2.05, 4.69) is 377 Å². The van der Waals surface area contributed by atoms with Crippen molar-refractivity contribution >= 4 is 101 Å². The Kier molecular flexibility index (Phi) is 24.3. The number of hydrogen-bond donors (Lipinski definition) is 1. The van der Waals surface area contributed by atoms with E-state index in [1.807, 2.05) is 19.1 Å². The average molecular weight is 1220 g/mol. The Balaban J connectivity index is 0.000000123. The van der Waals surface area contributed by atoms with Crippen molar-refractivity contribution in [1.29, 1.82) is 0 Å². The van der Waals surface area contributed by atoms with E-state index in [4.69, 9.17) is 0 Å². The fourth-order valence-electron chi connectivity index (χ4n) is 10.7. The Morgan fingerprint density at radius 3 is 0.584 bits per heavy atom. The predicted molar refractivity (Wildman–Crippen MR) is 395 cm³/mol. The molecule has 436 valence electrons. The normalized spacial score (nSPS) is 12.0. The summed E-state index contributed by atoms with van der Waals surface area (Å²) in [6, 6.07) is 135. The number of allylic oxidation sites excluding steroid dienone is 1. The first-order chi connectivity index (χ1) is 44.0. The van der Waals surface area contributed by atoms with E-state index in [1.54, 1.807) is 0 Å². The molecule has 0 radical (unpaired) electrons. The van der Waals surface area contributed by atoms with Crippen LogP contribution in [0, 0.1) is 0 Å². The van der Waals surface area contributed by atoms with Gasteiger partial charge in [-0.15, -0.1) is 0 Å². The number of hydrogen-bond acceptors (Lipinski definition) is 1. The summed E-state index contributed by atoms with van der Waals surface area (Å²) < 4.78 is 0. The molecule has 0 unspecified atom stereocenters. The lowest BCUT2D eigenvalue weighted by Gasteiger charge is -2.18. The molecule has 5 heteroatoms.